The van der Waals surface area contributed by atoms with Crippen molar-refractivity contribution in [2.45, 2.75) is 29.9 Å². The van der Waals surface area contributed by atoms with Gasteiger partial charge in [-0.1, -0.05) is 6.07 Å². The highest BCUT2D eigenvalue weighted by atomic mass is 32.2. The molecule has 0 spiro atoms. The van der Waals surface area contributed by atoms with Crippen molar-refractivity contribution in [3.05, 3.63) is 53.6 Å². The summed E-state index contributed by atoms with van der Waals surface area (Å²) in [6.45, 7) is 1.47. The average Bonchev–Trinajstić information content (AvgIpc) is 3.49. The number of rotatable bonds is 6. The van der Waals surface area contributed by atoms with Crippen LogP contribution in [0.5, 0.6) is 0 Å². The average molecular weight is 412 g/mol. The van der Waals surface area contributed by atoms with Gasteiger partial charge in [0.05, 0.1) is 5.25 Å². The van der Waals surface area contributed by atoms with E-state index in [0.29, 0.717) is 10.6 Å². The molecule has 1 atom stereocenters. The lowest BCUT2D eigenvalue weighted by Gasteiger charge is -2.14. The quantitative estimate of drug-likeness (QED) is 0.410. The maximum atomic E-state index is 13.7. The Hall–Kier alpha value is -2.55. The number of anilines is 2. The van der Waals surface area contributed by atoms with Crippen molar-refractivity contribution in [1.82, 2.24) is 0 Å². The number of hydrogen-bond acceptors (Lipinski definition) is 3. The molecule has 2 aromatic rings. The first-order valence-electron chi connectivity index (χ1n) is 8.47. The number of amides is 2. The first-order valence-corrected chi connectivity index (χ1v) is 9.35. The van der Waals surface area contributed by atoms with Gasteiger partial charge in [0.15, 0.2) is 23.3 Å². The molecule has 0 saturated heterocycles. The molecule has 9 heteroatoms. The van der Waals surface area contributed by atoms with Crippen molar-refractivity contribution in [1.29, 1.82) is 0 Å². The summed E-state index contributed by atoms with van der Waals surface area (Å²) in [5.74, 6) is -7.41. The fourth-order valence-corrected chi connectivity index (χ4v) is 3.33. The Balaban J connectivity index is 1.67. The van der Waals surface area contributed by atoms with Gasteiger partial charge in [0.1, 0.15) is 5.69 Å². The van der Waals surface area contributed by atoms with Gasteiger partial charge < -0.3 is 10.6 Å². The summed E-state index contributed by atoms with van der Waals surface area (Å²) < 4.78 is 53.9. The number of thioether (sulfide) groups is 1. The first-order chi connectivity index (χ1) is 13.3. The fraction of sp³-hybridized carbons (Fsp3) is 0.263. The highest BCUT2D eigenvalue weighted by molar-refractivity contribution is 8.00. The molecule has 1 saturated carbocycles. The Bertz CT molecular complexity index is 908. The van der Waals surface area contributed by atoms with E-state index in [0.717, 1.165) is 24.6 Å². The topological polar surface area (TPSA) is 58.2 Å². The zero-order chi connectivity index (χ0) is 20.4. The van der Waals surface area contributed by atoms with Gasteiger partial charge in [-0.15, -0.1) is 11.8 Å². The molecule has 1 aliphatic rings. The highest BCUT2D eigenvalue weighted by Gasteiger charge is 2.29. The molecule has 0 aliphatic heterocycles. The van der Waals surface area contributed by atoms with E-state index in [4.69, 9.17) is 0 Å². The van der Waals surface area contributed by atoms with E-state index >= 15 is 0 Å². The van der Waals surface area contributed by atoms with E-state index in [1.807, 2.05) is 5.32 Å². The lowest BCUT2D eigenvalue weighted by Crippen LogP contribution is -2.24. The lowest BCUT2D eigenvalue weighted by atomic mass is 10.2. The SMILES string of the molecule is CC(Sc1cccc(NC(=O)C2CC2)c1)C(=O)Nc1c(F)c(F)cc(F)c1F. The normalized spacial score (nSPS) is 14.5. The maximum absolute atomic E-state index is 13.7. The maximum Gasteiger partial charge on any atom is 0.237 e. The minimum Gasteiger partial charge on any atom is -0.326 e. The van der Waals surface area contributed by atoms with E-state index in [-0.39, 0.29) is 17.9 Å². The van der Waals surface area contributed by atoms with Crippen molar-refractivity contribution in [3.63, 3.8) is 0 Å². The fourth-order valence-electron chi connectivity index (χ4n) is 2.40. The minimum atomic E-state index is -1.67. The number of halogens is 4. The third-order valence-electron chi connectivity index (χ3n) is 4.09. The Labute approximate surface area is 162 Å². The summed E-state index contributed by atoms with van der Waals surface area (Å²) in [7, 11) is 0. The monoisotopic (exact) mass is 412 g/mol. The standard InChI is InChI=1S/C19H16F4N2O2S/c1-9(18(26)25-17-15(22)13(20)8-14(21)16(17)23)28-12-4-2-3-11(7-12)24-19(27)10-5-6-10/h2-4,7-10H,5-6H2,1H3,(H,24,27)(H,25,26). The van der Waals surface area contributed by atoms with Crippen LogP contribution in [-0.4, -0.2) is 17.1 Å². The van der Waals surface area contributed by atoms with Crippen LogP contribution in [0, 0.1) is 29.2 Å². The highest BCUT2D eigenvalue weighted by Crippen LogP contribution is 2.32. The third-order valence-corrected chi connectivity index (χ3v) is 5.19. The van der Waals surface area contributed by atoms with E-state index in [1.165, 1.54) is 6.92 Å². The number of benzene rings is 2. The molecule has 148 valence electrons. The molecule has 1 fully saturated rings. The van der Waals surface area contributed by atoms with Crippen LogP contribution in [0.15, 0.2) is 35.2 Å². The molecule has 0 heterocycles. The number of nitrogens with one attached hydrogen (secondary N) is 2. The van der Waals surface area contributed by atoms with Gasteiger partial charge in [0.25, 0.3) is 0 Å². The second kappa shape index (κ2) is 8.22. The molecule has 2 amide bonds. The molecule has 2 aromatic carbocycles. The lowest BCUT2D eigenvalue weighted by molar-refractivity contribution is -0.117. The summed E-state index contributed by atoms with van der Waals surface area (Å²) in [6, 6.07) is 6.83. The zero-order valence-electron chi connectivity index (χ0n) is 14.7. The number of carbonyl (C=O) groups is 2. The summed E-state index contributed by atoms with van der Waals surface area (Å²) in [5.41, 5.74) is -0.598. The summed E-state index contributed by atoms with van der Waals surface area (Å²) in [4.78, 5) is 24.7. The van der Waals surface area contributed by atoms with E-state index in [2.05, 4.69) is 5.32 Å². The van der Waals surface area contributed by atoms with Gasteiger partial charge in [-0.25, -0.2) is 17.6 Å². The van der Waals surface area contributed by atoms with Crippen LogP contribution in [0.25, 0.3) is 0 Å². The number of carbonyl (C=O) groups excluding carboxylic acids is 2. The molecular weight excluding hydrogens is 396 g/mol. The van der Waals surface area contributed by atoms with Crippen LogP contribution >= 0.6 is 11.8 Å². The van der Waals surface area contributed by atoms with Crippen LogP contribution < -0.4 is 10.6 Å². The summed E-state index contributed by atoms with van der Waals surface area (Å²) in [5, 5.41) is 3.84. The molecule has 1 aliphatic carbocycles. The van der Waals surface area contributed by atoms with Crippen molar-refractivity contribution in [3.8, 4) is 0 Å². The first kappa shape index (κ1) is 20.2. The molecular formula is C19H16F4N2O2S. The summed E-state index contributed by atoms with van der Waals surface area (Å²) in [6.07, 6.45) is 1.73. The van der Waals surface area contributed by atoms with Gasteiger partial charge in [-0.3, -0.25) is 9.59 Å². The molecule has 0 radical (unpaired) electrons. The van der Waals surface area contributed by atoms with Gasteiger partial charge >= 0.3 is 0 Å². The molecule has 4 nitrogen and oxygen atoms in total. The van der Waals surface area contributed by atoms with Gasteiger partial charge in [-0.2, -0.15) is 0 Å². The van der Waals surface area contributed by atoms with Crippen LogP contribution in [0.2, 0.25) is 0 Å². The van der Waals surface area contributed by atoms with Crippen LogP contribution in [0.1, 0.15) is 19.8 Å². The Morgan fingerprint density at radius 1 is 1.04 bits per heavy atom. The van der Waals surface area contributed by atoms with Crippen LogP contribution in [0.3, 0.4) is 0 Å². The number of hydrogen-bond donors (Lipinski definition) is 2. The predicted molar refractivity (Wildman–Crippen MR) is 98.0 cm³/mol. The zero-order valence-corrected chi connectivity index (χ0v) is 15.5. The third kappa shape index (κ3) is 4.64. The van der Waals surface area contributed by atoms with E-state index < -0.39 is 40.1 Å². The molecule has 3 rings (SSSR count). The molecule has 2 N–H and O–H groups in total. The predicted octanol–water partition coefficient (Wildman–Crippen LogP) is 4.71. The molecule has 0 bridgehead atoms. The largest absolute Gasteiger partial charge is 0.326 e. The second-order valence-electron chi connectivity index (χ2n) is 6.38. The van der Waals surface area contributed by atoms with Gasteiger partial charge in [0, 0.05) is 22.6 Å². The van der Waals surface area contributed by atoms with Gasteiger partial charge in [0.2, 0.25) is 11.8 Å². The van der Waals surface area contributed by atoms with E-state index in [9.17, 15) is 27.2 Å². The Kier molecular flexibility index (Phi) is 5.93. The Morgan fingerprint density at radius 2 is 1.68 bits per heavy atom. The van der Waals surface area contributed by atoms with Crippen molar-refractivity contribution < 1.29 is 27.2 Å². The van der Waals surface area contributed by atoms with Crippen LogP contribution in [-0.2, 0) is 9.59 Å². The van der Waals surface area contributed by atoms with E-state index in [1.54, 1.807) is 24.3 Å². The molecule has 1 unspecified atom stereocenters. The van der Waals surface area contributed by atoms with Crippen molar-refractivity contribution >= 4 is 35.0 Å². The van der Waals surface area contributed by atoms with Crippen LogP contribution in [0.4, 0.5) is 28.9 Å². The van der Waals surface area contributed by atoms with Gasteiger partial charge in [-0.05, 0) is 38.0 Å². The smallest absolute Gasteiger partial charge is 0.237 e. The van der Waals surface area contributed by atoms with Crippen molar-refractivity contribution in [2.75, 3.05) is 10.6 Å². The summed E-state index contributed by atoms with van der Waals surface area (Å²) >= 11 is 1.06. The molecule has 28 heavy (non-hydrogen) atoms. The Morgan fingerprint density at radius 3 is 2.29 bits per heavy atom. The second-order valence-corrected chi connectivity index (χ2v) is 7.80. The molecule has 0 aromatic heterocycles. The minimum absolute atomic E-state index is 0.0393. The van der Waals surface area contributed by atoms with Crippen molar-refractivity contribution in [2.24, 2.45) is 5.92 Å².